The van der Waals surface area contributed by atoms with Crippen molar-refractivity contribution in [2.75, 3.05) is 0 Å². The number of nitrogens with one attached hydrogen (secondary N) is 1. The number of nitrogens with zero attached hydrogens (tertiary/aromatic N) is 1. The van der Waals surface area contributed by atoms with Crippen molar-refractivity contribution >= 4 is 11.5 Å². The van der Waals surface area contributed by atoms with E-state index in [-0.39, 0.29) is 22.8 Å². The first-order valence-electron chi connectivity index (χ1n) is 6.69. The average molecular weight is 278 g/mol. The van der Waals surface area contributed by atoms with Crippen LogP contribution in [0.1, 0.15) is 32.3 Å². The van der Waals surface area contributed by atoms with Crippen molar-refractivity contribution in [1.82, 2.24) is 5.43 Å². The second kappa shape index (κ2) is 4.36. The molecule has 1 aliphatic heterocycles. The molecule has 0 saturated heterocycles. The van der Waals surface area contributed by atoms with Crippen LogP contribution in [0.15, 0.2) is 23.3 Å². The molecule has 1 aromatic carbocycles. The molecule has 1 aromatic rings. The van der Waals surface area contributed by atoms with E-state index in [1.165, 1.54) is 12.1 Å². The van der Waals surface area contributed by atoms with Crippen LogP contribution in [0.4, 0.5) is 8.78 Å². The van der Waals surface area contributed by atoms with Crippen molar-refractivity contribution in [2.45, 2.75) is 32.7 Å². The normalized spacial score (nSPS) is 27.8. The summed E-state index contributed by atoms with van der Waals surface area (Å²) in [6.45, 7) is 4.08. The zero-order valence-corrected chi connectivity index (χ0v) is 11.4. The molecule has 0 aromatic heterocycles. The monoisotopic (exact) mass is 278 g/mol. The Hall–Kier alpha value is -1.78. The zero-order chi connectivity index (χ0) is 14.5. The van der Waals surface area contributed by atoms with E-state index in [1.807, 2.05) is 13.8 Å². The van der Waals surface area contributed by atoms with E-state index in [0.29, 0.717) is 12.1 Å². The fourth-order valence-electron chi connectivity index (χ4n) is 3.20. The lowest BCUT2D eigenvalue weighted by Gasteiger charge is -2.36. The quantitative estimate of drug-likeness (QED) is 0.858. The molecule has 20 heavy (non-hydrogen) atoms. The number of hydrogen-bond donors (Lipinski definition) is 1. The van der Waals surface area contributed by atoms with Crippen LogP contribution < -0.4 is 5.43 Å². The second-order valence-corrected chi connectivity index (χ2v) is 6.35. The number of halogens is 2. The van der Waals surface area contributed by atoms with Gasteiger partial charge in [-0.05, 0) is 24.0 Å². The number of hydrazone groups is 1. The zero-order valence-electron chi connectivity index (χ0n) is 11.4. The Morgan fingerprint density at radius 2 is 2.10 bits per heavy atom. The first-order valence-corrected chi connectivity index (χ1v) is 6.69. The fraction of sp³-hybridized carbons (Fsp3) is 0.467. The van der Waals surface area contributed by atoms with Gasteiger partial charge in [0.1, 0.15) is 17.4 Å². The minimum atomic E-state index is -0.677. The average Bonchev–Trinajstić information content (AvgIpc) is 2.71. The van der Waals surface area contributed by atoms with Gasteiger partial charge >= 0.3 is 0 Å². The van der Waals surface area contributed by atoms with Gasteiger partial charge in [-0.1, -0.05) is 13.8 Å². The van der Waals surface area contributed by atoms with Gasteiger partial charge in [-0.25, -0.2) is 8.78 Å². The molecular formula is C15H16F2N2O. The number of benzene rings is 1. The molecule has 0 unspecified atom stereocenters. The van der Waals surface area contributed by atoms with Crippen molar-refractivity contribution in [3.63, 3.8) is 0 Å². The molecule has 3 nitrogen and oxygen atoms in total. The number of hydrogen-bond acceptors (Lipinski definition) is 3. The molecular weight excluding hydrogens is 262 g/mol. The molecule has 5 heteroatoms. The summed E-state index contributed by atoms with van der Waals surface area (Å²) in [5.41, 5.74) is 3.47. The maximum atomic E-state index is 13.9. The van der Waals surface area contributed by atoms with Crippen LogP contribution >= 0.6 is 0 Å². The first kappa shape index (κ1) is 13.2. The molecule has 2 atom stereocenters. The molecule has 1 N–H and O–H groups in total. The Kier molecular flexibility index (Phi) is 2.88. The summed E-state index contributed by atoms with van der Waals surface area (Å²) in [6.07, 6.45) is 1.26. The molecule has 2 aliphatic rings. The van der Waals surface area contributed by atoms with Gasteiger partial charge in [0.05, 0.1) is 17.7 Å². The number of rotatable bonds is 1. The van der Waals surface area contributed by atoms with E-state index >= 15 is 0 Å². The summed E-state index contributed by atoms with van der Waals surface area (Å²) in [5, 5.41) is 4.14. The lowest BCUT2D eigenvalue weighted by Crippen LogP contribution is -2.45. The molecule has 1 heterocycles. The van der Waals surface area contributed by atoms with Crippen molar-refractivity contribution in [2.24, 2.45) is 16.4 Å². The molecule has 0 radical (unpaired) electrons. The Labute approximate surface area is 116 Å². The summed E-state index contributed by atoms with van der Waals surface area (Å²) in [6, 6.07) is 3.26. The van der Waals surface area contributed by atoms with Crippen LogP contribution in [-0.2, 0) is 4.79 Å². The number of fused-ring (bicyclic) bond motifs is 1. The van der Waals surface area contributed by atoms with E-state index in [1.54, 1.807) is 0 Å². The minimum Gasteiger partial charge on any atom is -0.306 e. The smallest absolute Gasteiger partial charge is 0.144 e. The lowest BCUT2D eigenvalue weighted by molar-refractivity contribution is -0.126. The third kappa shape index (κ3) is 2.11. The Morgan fingerprint density at radius 3 is 2.80 bits per heavy atom. The summed E-state index contributed by atoms with van der Waals surface area (Å²) in [7, 11) is 0. The summed E-state index contributed by atoms with van der Waals surface area (Å²) >= 11 is 0. The highest BCUT2D eigenvalue weighted by molar-refractivity contribution is 6.15. The van der Waals surface area contributed by atoms with Gasteiger partial charge in [0, 0.05) is 18.1 Å². The Morgan fingerprint density at radius 1 is 1.35 bits per heavy atom. The Bertz CT molecular complexity index is 610. The number of Topliss-reactive ketones (excluding diaryl/α,β-unsaturated/α-hetero) is 1. The second-order valence-electron chi connectivity index (χ2n) is 6.35. The lowest BCUT2D eigenvalue weighted by atomic mass is 9.68. The fourth-order valence-corrected chi connectivity index (χ4v) is 3.20. The molecule has 0 amide bonds. The van der Waals surface area contributed by atoms with Crippen molar-refractivity contribution in [3.8, 4) is 0 Å². The Balaban J connectivity index is 1.95. The van der Waals surface area contributed by atoms with Gasteiger partial charge in [0.2, 0.25) is 0 Å². The van der Waals surface area contributed by atoms with Gasteiger partial charge in [-0.3, -0.25) is 4.79 Å². The van der Waals surface area contributed by atoms with E-state index in [0.717, 1.165) is 12.5 Å². The maximum Gasteiger partial charge on any atom is 0.144 e. The van der Waals surface area contributed by atoms with Gasteiger partial charge in [-0.2, -0.15) is 5.10 Å². The molecule has 1 fully saturated rings. The van der Waals surface area contributed by atoms with Crippen LogP contribution in [0, 0.1) is 23.0 Å². The highest BCUT2D eigenvalue weighted by Crippen LogP contribution is 2.39. The SMILES string of the molecule is CC1(C)CC(=O)[C@@H]2C(c3ccc(F)cc3F)=NN[C@H]2C1. The minimum absolute atomic E-state index is 0.0683. The van der Waals surface area contributed by atoms with Crippen molar-refractivity contribution in [1.29, 1.82) is 0 Å². The highest BCUT2D eigenvalue weighted by Gasteiger charge is 2.46. The van der Waals surface area contributed by atoms with Crippen LogP contribution in [-0.4, -0.2) is 17.5 Å². The third-order valence-corrected chi connectivity index (χ3v) is 4.03. The van der Waals surface area contributed by atoms with E-state index in [4.69, 9.17) is 0 Å². The molecule has 1 saturated carbocycles. The van der Waals surface area contributed by atoms with E-state index in [2.05, 4.69) is 10.5 Å². The number of carbonyl (C=O) groups excluding carboxylic acids is 1. The van der Waals surface area contributed by atoms with Crippen LogP contribution in [0.2, 0.25) is 0 Å². The summed E-state index contributed by atoms with van der Waals surface area (Å²) < 4.78 is 26.9. The number of ketones is 1. The van der Waals surface area contributed by atoms with Crippen LogP contribution in [0.5, 0.6) is 0 Å². The number of carbonyl (C=O) groups is 1. The van der Waals surface area contributed by atoms with E-state index < -0.39 is 17.6 Å². The third-order valence-electron chi connectivity index (χ3n) is 4.03. The largest absolute Gasteiger partial charge is 0.306 e. The molecule has 3 rings (SSSR count). The van der Waals surface area contributed by atoms with E-state index in [9.17, 15) is 13.6 Å². The highest BCUT2D eigenvalue weighted by atomic mass is 19.1. The van der Waals surface area contributed by atoms with Crippen LogP contribution in [0.25, 0.3) is 0 Å². The molecule has 106 valence electrons. The first-order chi connectivity index (χ1) is 9.37. The molecule has 0 spiro atoms. The standard InChI is InChI=1S/C15H16F2N2O/c1-15(2)6-11-13(12(20)7-15)14(19-18-11)9-4-3-8(16)5-10(9)17/h3-5,11,13,18H,6-7H2,1-2H3/t11-,13+/m0/s1. The summed E-state index contributed by atoms with van der Waals surface area (Å²) in [4.78, 5) is 12.3. The molecule has 0 bridgehead atoms. The topological polar surface area (TPSA) is 41.5 Å². The van der Waals surface area contributed by atoms with Gasteiger partial charge in [0.15, 0.2) is 0 Å². The van der Waals surface area contributed by atoms with Crippen molar-refractivity contribution < 1.29 is 13.6 Å². The maximum absolute atomic E-state index is 13.9. The van der Waals surface area contributed by atoms with Crippen molar-refractivity contribution in [3.05, 3.63) is 35.4 Å². The van der Waals surface area contributed by atoms with Gasteiger partial charge in [-0.15, -0.1) is 0 Å². The predicted molar refractivity (Wildman–Crippen MR) is 71.3 cm³/mol. The van der Waals surface area contributed by atoms with Crippen LogP contribution in [0.3, 0.4) is 0 Å². The van der Waals surface area contributed by atoms with Gasteiger partial charge in [0.25, 0.3) is 0 Å². The molecule has 1 aliphatic carbocycles. The summed E-state index contributed by atoms with van der Waals surface area (Å²) in [5.74, 6) is -1.67. The predicted octanol–water partition coefficient (Wildman–Crippen LogP) is 2.65. The van der Waals surface area contributed by atoms with Gasteiger partial charge < -0.3 is 5.43 Å².